The van der Waals surface area contributed by atoms with Crippen molar-refractivity contribution in [1.29, 1.82) is 0 Å². The Morgan fingerprint density at radius 3 is 2.34 bits per heavy atom. The molecule has 1 aromatic heterocycles. The molecular formula is C32H41N3O6. The fourth-order valence-corrected chi connectivity index (χ4v) is 4.50. The van der Waals surface area contributed by atoms with Crippen LogP contribution >= 0.6 is 0 Å². The Kier molecular flexibility index (Phi) is 12.9. The molecule has 0 spiro atoms. The van der Waals surface area contributed by atoms with Crippen LogP contribution in [0.15, 0.2) is 72.9 Å². The lowest BCUT2D eigenvalue weighted by atomic mass is 10.2. The number of rotatable bonds is 17. The summed E-state index contributed by atoms with van der Waals surface area (Å²) in [6.45, 7) is 4.10. The molecule has 0 aliphatic heterocycles. The van der Waals surface area contributed by atoms with Crippen LogP contribution in [0.4, 0.5) is 0 Å². The highest BCUT2D eigenvalue weighted by molar-refractivity contribution is 5.86. The summed E-state index contributed by atoms with van der Waals surface area (Å²) in [6, 6.07) is 21.7. The Morgan fingerprint density at radius 2 is 1.61 bits per heavy atom. The van der Waals surface area contributed by atoms with Crippen molar-refractivity contribution in [3.63, 3.8) is 0 Å². The summed E-state index contributed by atoms with van der Waals surface area (Å²) < 4.78 is 17.6. The van der Waals surface area contributed by atoms with Gasteiger partial charge in [-0.1, -0.05) is 42.5 Å². The van der Waals surface area contributed by atoms with Gasteiger partial charge in [-0.15, -0.1) is 0 Å². The van der Waals surface area contributed by atoms with Crippen molar-refractivity contribution in [2.45, 2.75) is 45.8 Å². The van der Waals surface area contributed by atoms with E-state index in [-0.39, 0.29) is 37.8 Å². The standard InChI is InChI=1S/C32H41N3O6/c1-4-41-32(38)17-16-30(36)34(19-10-20-39-2)25-31(37)35(22-26-11-6-5-7-12-26)24-28-14-9-18-33(28)23-27-13-8-15-29(21-27)40-3/h5-9,11-15,18,21H,4,10,16-17,19-20,22-25H2,1-3H3. The van der Waals surface area contributed by atoms with Crippen molar-refractivity contribution in [2.75, 3.05) is 40.5 Å². The molecule has 0 N–H and O–H groups in total. The molecule has 0 unspecified atom stereocenters. The predicted octanol–water partition coefficient (Wildman–Crippen LogP) is 4.28. The summed E-state index contributed by atoms with van der Waals surface area (Å²) >= 11 is 0. The number of benzene rings is 2. The molecule has 41 heavy (non-hydrogen) atoms. The van der Waals surface area contributed by atoms with E-state index in [2.05, 4.69) is 4.57 Å². The Morgan fingerprint density at radius 1 is 0.829 bits per heavy atom. The van der Waals surface area contributed by atoms with Crippen LogP contribution < -0.4 is 4.74 Å². The molecule has 0 aliphatic carbocycles. The molecule has 3 aromatic rings. The number of carbonyl (C=O) groups is 3. The number of esters is 1. The van der Waals surface area contributed by atoms with Crippen LogP contribution in [0.25, 0.3) is 0 Å². The van der Waals surface area contributed by atoms with Gasteiger partial charge in [-0.3, -0.25) is 14.4 Å². The normalized spacial score (nSPS) is 10.7. The van der Waals surface area contributed by atoms with Gasteiger partial charge in [0.15, 0.2) is 0 Å². The van der Waals surface area contributed by atoms with E-state index in [1.165, 1.54) is 4.90 Å². The zero-order chi connectivity index (χ0) is 29.5. The Bertz CT molecular complexity index is 1240. The second kappa shape index (κ2) is 16.9. The van der Waals surface area contributed by atoms with Crippen LogP contribution in [-0.2, 0) is 43.5 Å². The molecule has 0 atom stereocenters. The molecule has 0 bridgehead atoms. The van der Waals surface area contributed by atoms with Crippen LogP contribution in [0.3, 0.4) is 0 Å². The average Bonchev–Trinajstić information content (AvgIpc) is 3.42. The van der Waals surface area contributed by atoms with E-state index >= 15 is 0 Å². The molecule has 2 amide bonds. The highest BCUT2D eigenvalue weighted by atomic mass is 16.5. The van der Waals surface area contributed by atoms with Gasteiger partial charge in [-0.05, 0) is 48.7 Å². The van der Waals surface area contributed by atoms with Gasteiger partial charge in [-0.25, -0.2) is 0 Å². The van der Waals surface area contributed by atoms with Gasteiger partial charge >= 0.3 is 5.97 Å². The molecule has 0 saturated heterocycles. The molecule has 0 aliphatic rings. The van der Waals surface area contributed by atoms with Gasteiger partial charge in [0, 0.05) is 51.7 Å². The fourth-order valence-electron chi connectivity index (χ4n) is 4.50. The van der Waals surface area contributed by atoms with Gasteiger partial charge in [0.2, 0.25) is 11.8 Å². The number of hydrogen-bond acceptors (Lipinski definition) is 6. The van der Waals surface area contributed by atoms with E-state index in [0.29, 0.717) is 39.2 Å². The predicted molar refractivity (Wildman–Crippen MR) is 156 cm³/mol. The molecule has 9 heteroatoms. The van der Waals surface area contributed by atoms with E-state index in [0.717, 1.165) is 22.6 Å². The van der Waals surface area contributed by atoms with E-state index in [9.17, 15) is 14.4 Å². The first kappa shape index (κ1) is 31.4. The zero-order valence-electron chi connectivity index (χ0n) is 24.3. The lowest BCUT2D eigenvalue weighted by Gasteiger charge is -2.28. The maximum atomic E-state index is 13.8. The molecule has 1 heterocycles. The maximum absolute atomic E-state index is 13.8. The first-order chi connectivity index (χ1) is 19.9. The SMILES string of the molecule is CCOC(=O)CCC(=O)N(CCCOC)CC(=O)N(Cc1ccccc1)Cc1cccn1Cc1cccc(OC)c1. The van der Waals surface area contributed by atoms with Gasteiger partial charge in [0.1, 0.15) is 5.75 Å². The van der Waals surface area contributed by atoms with Crippen LogP contribution in [0, 0.1) is 0 Å². The number of carbonyl (C=O) groups excluding carboxylic acids is 3. The summed E-state index contributed by atoms with van der Waals surface area (Å²) in [5, 5.41) is 0. The highest BCUT2D eigenvalue weighted by Crippen LogP contribution is 2.17. The largest absolute Gasteiger partial charge is 0.497 e. The zero-order valence-corrected chi connectivity index (χ0v) is 24.3. The maximum Gasteiger partial charge on any atom is 0.306 e. The topological polar surface area (TPSA) is 90.3 Å². The minimum atomic E-state index is -0.425. The first-order valence-corrected chi connectivity index (χ1v) is 13.9. The third-order valence-electron chi connectivity index (χ3n) is 6.64. The molecule has 0 fully saturated rings. The van der Waals surface area contributed by atoms with Crippen molar-refractivity contribution < 1.29 is 28.6 Å². The highest BCUT2D eigenvalue weighted by Gasteiger charge is 2.23. The monoisotopic (exact) mass is 563 g/mol. The second-order valence-electron chi connectivity index (χ2n) is 9.68. The Labute approximate surface area is 242 Å². The van der Waals surface area contributed by atoms with E-state index in [1.54, 1.807) is 26.0 Å². The Balaban J connectivity index is 1.78. The number of methoxy groups -OCH3 is 2. The van der Waals surface area contributed by atoms with Crippen molar-refractivity contribution in [2.24, 2.45) is 0 Å². The molecule has 3 rings (SSSR count). The third-order valence-corrected chi connectivity index (χ3v) is 6.64. The number of aromatic nitrogens is 1. The Hall–Kier alpha value is -4.11. The number of amides is 2. The van der Waals surface area contributed by atoms with Crippen molar-refractivity contribution in [3.8, 4) is 5.75 Å². The molecule has 220 valence electrons. The van der Waals surface area contributed by atoms with Gasteiger partial charge in [-0.2, -0.15) is 0 Å². The van der Waals surface area contributed by atoms with Crippen LogP contribution in [-0.4, -0.2) is 72.7 Å². The second-order valence-corrected chi connectivity index (χ2v) is 9.68. The summed E-state index contributed by atoms with van der Waals surface area (Å²) in [5.41, 5.74) is 3.04. The van der Waals surface area contributed by atoms with E-state index in [4.69, 9.17) is 14.2 Å². The lowest BCUT2D eigenvalue weighted by molar-refractivity contribution is -0.146. The van der Waals surface area contributed by atoms with Gasteiger partial charge in [0.25, 0.3) is 0 Å². The van der Waals surface area contributed by atoms with Crippen molar-refractivity contribution in [1.82, 2.24) is 14.4 Å². The minimum Gasteiger partial charge on any atom is -0.497 e. The third kappa shape index (κ3) is 10.4. The summed E-state index contributed by atoms with van der Waals surface area (Å²) in [6.07, 6.45) is 2.54. The number of ether oxygens (including phenoxy) is 3. The van der Waals surface area contributed by atoms with E-state index in [1.807, 2.05) is 72.9 Å². The van der Waals surface area contributed by atoms with Crippen LogP contribution in [0.5, 0.6) is 5.75 Å². The van der Waals surface area contributed by atoms with E-state index < -0.39 is 5.97 Å². The molecule has 2 aromatic carbocycles. The van der Waals surface area contributed by atoms with Crippen molar-refractivity contribution in [3.05, 3.63) is 89.7 Å². The van der Waals surface area contributed by atoms with Crippen LogP contribution in [0.2, 0.25) is 0 Å². The first-order valence-electron chi connectivity index (χ1n) is 13.9. The summed E-state index contributed by atoms with van der Waals surface area (Å²) in [5.74, 6) is -0.0711. The quantitative estimate of drug-likeness (QED) is 0.180. The van der Waals surface area contributed by atoms with Crippen LogP contribution in [0.1, 0.15) is 43.0 Å². The summed E-state index contributed by atoms with van der Waals surface area (Å²) in [7, 11) is 3.24. The van der Waals surface area contributed by atoms with Gasteiger partial charge in [0.05, 0.1) is 33.2 Å². The minimum absolute atomic E-state index is 0.0127. The van der Waals surface area contributed by atoms with Crippen molar-refractivity contribution >= 4 is 17.8 Å². The lowest BCUT2D eigenvalue weighted by Crippen LogP contribution is -2.43. The fraction of sp³-hybridized carbons (Fsp3) is 0.406. The molecule has 9 nitrogen and oxygen atoms in total. The molecule has 0 radical (unpaired) electrons. The number of nitrogens with zero attached hydrogens (tertiary/aromatic N) is 3. The van der Waals surface area contributed by atoms with Gasteiger partial charge < -0.3 is 28.6 Å². The number of hydrogen-bond donors (Lipinski definition) is 0. The molecule has 0 saturated carbocycles. The average molecular weight is 564 g/mol. The molecular weight excluding hydrogens is 522 g/mol. The smallest absolute Gasteiger partial charge is 0.306 e. The summed E-state index contributed by atoms with van der Waals surface area (Å²) in [4.78, 5) is 42.0.